The normalized spacial score (nSPS) is 11.9. The van der Waals surface area contributed by atoms with E-state index < -0.39 is 6.10 Å². The Balaban J connectivity index is 4.25. The van der Waals surface area contributed by atoms with Crippen molar-refractivity contribution in [2.24, 2.45) is 5.92 Å². The van der Waals surface area contributed by atoms with Crippen LogP contribution >= 0.6 is 0 Å². The Morgan fingerprint density at radius 2 is 0.688 bits per heavy atom. The Morgan fingerprint density at radius 1 is 0.396 bits per heavy atom. The maximum absolute atomic E-state index is 12.5. The van der Waals surface area contributed by atoms with Crippen LogP contribution in [0.4, 0.5) is 0 Å². The number of hydrogen-bond acceptors (Lipinski definition) is 6. The molecule has 0 aromatic heterocycles. The highest BCUT2D eigenvalue weighted by Crippen LogP contribution is 2.15. The fourth-order valence-corrected chi connectivity index (χ4v) is 6.10. The molecule has 0 aliphatic heterocycles. The van der Waals surface area contributed by atoms with Crippen molar-refractivity contribution in [3.05, 3.63) is 0 Å². The molecule has 0 radical (unpaired) electrons. The zero-order valence-electron chi connectivity index (χ0n) is 32.4. The van der Waals surface area contributed by atoms with E-state index in [1.807, 2.05) is 0 Å². The Bertz CT molecular complexity index is 721. The molecule has 0 saturated heterocycles. The van der Waals surface area contributed by atoms with Crippen molar-refractivity contribution in [2.75, 3.05) is 13.2 Å². The van der Waals surface area contributed by atoms with Crippen molar-refractivity contribution in [1.82, 2.24) is 0 Å². The number of hydrogen-bond donors (Lipinski definition) is 0. The first-order chi connectivity index (χ1) is 23.4. The van der Waals surface area contributed by atoms with Crippen molar-refractivity contribution < 1.29 is 28.6 Å². The number of esters is 3. The third-order valence-electron chi connectivity index (χ3n) is 9.29. The zero-order valence-corrected chi connectivity index (χ0v) is 32.4. The molecule has 0 bridgehead atoms. The fraction of sp³-hybridized carbons (Fsp3) is 0.929. The highest BCUT2D eigenvalue weighted by molar-refractivity contribution is 5.71. The minimum absolute atomic E-state index is 0.0651. The zero-order chi connectivity index (χ0) is 35.3. The first kappa shape index (κ1) is 46.4. The average molecular weight is 681 g/mol. The van der Waals surface area contributed by atoms with Crippen LogP contribution in [-0.2, 0) is 28.6 Å². The maximum Gasteiger partial charge on any atom is 0.306 e. The summed E-state index contributed by atoms with van der Waals surface area (Å²) in [7, 11) is 0. The maximum atomic E-state index is 12.5. The van der Waals surface area contributed by atoms with Crippen LogP contribution in [0.5, 0.6) is 0 Å². The summed E-state index contributed by atoms with van der Waals surface area (Å²) in [5.74, 6) is -0.0420. The largest absolute Gasteiger partial charge is 0.462 e. The minimum Gasteiger partial charge on any atom is -0.462 e. The molecule has 1 atom stereocenters. The van der Waals surface area contributed by atoms with Gasteiger partial charge in [-0.15, -0.1) is 0 Å². The lowest BCUT2D eigenvalue weighted by Gasteiger charge is -2.18. The number of ether oxygens (including phenoxy) is 3. The second kappa shape index (κ2) is 36.7. The molecule has 48 heavy (non-hydrogen) atoms. The Kier molecular flexibility index (Phi) is 35.5. The van der Waals surface area contributed by atoms with Gasteiger partial charge >= 0.3 is 17.9 Å². The summed E-state index contributed by atoms with van der Waals surface area (Å²) in [5, 5.41) is 0. The third-order valence-corrected chi connectivity index (χ3v) is 9.29. The average Bonchev–Trinajstić information content (AvgIpc) is 3.06. The van der Waals surface area contributed by atoms with Gasteiger partial charge in [0.1, 0.15) is 13.2 Å². The number of carbonyl (C=O) groups is 3. The van der Waals surface area contributed by atoms with Gasteiger partial charge in [0.15, 0.2) is 6.10 Å². The number of unbranched alkanes of at least 4 members (excludes halogenated alkanes) is 24. The summed E-state index contributed by atoms with van der Waals surface area (Å²) in [4.78, 5) is 37.4. The van der Waals surface area contributed by atoms with Gasteiger partial charge in [-0.1, -0.05) is 188 Å². The van der Waals surface area contributed by atoms with E-state index in [9.17, 15) is 14.4 Å². The van der Waals surface area contributed by atoms with E-state index in [2.05, 4.69) is 27.7 Å². The highest BCUT2D eigenvalue weighted by Gasteiger charge is 2.19. The molecular weight excluding hydrogens is 600 g/mol. The SMILES string of the molecule is CCCCCCCCCCCC(=O)OC[C@@H](COC(=O)CCCCCCCCCCCCCC(C)C)OC(=O)CCCCCCCCC. The summed E-state index contributed by atoms with van der Waals surface area (Å²) >= 11 is 0. The summed E-state index contributed by atoms with van der Waals surface area (Å²) in [5.41, 5.74) is 0. The molecular formula is C42H80O6. The Labute approximate surface area is 298 Å². The number of rotatable bonds is 37. The van der Waals surface area contributed by atoms with Gasteiger partial charge in [-0.25, -0.2) is 0 Å². The van der Waals surface area contributed by atoms with Crippen LogP contribution < -0.4 is 0 Å². The van der Waals surface area contributed by atoms with Crippen molar-refractivity contribution >= 4 is 17.9 Å². The van der Waals surface area contributed by atoms with Gasteiger partial charge in [-0.05, 0) is 25.2 Å². The van der Waals surface area contributed by atoms with Crippen LogP contribution in [0.15, 0.2) is 0 Å². The van der Waals surface area contributed by atoms with E-state index in [1.165, 1.54) is 122 Å². The molecule has 0 aliphatic carbocycles. The molecule has 0 aliphatic rings. The molecule has 6 heteroatoms. The van der Waals surface area contributed by atoms with E-state index in [1.54, 1.807) is 0 Å². The Morgan fingerprint density at radius 3 is 1.02 bits per heavy atom. The molecule has 0 amide bonds. The van der Waals surface area contributed by atoms with E-state index in [-0.39, 0.29) is 31.1 Å². The van der Waals surface area contributed by atoms with Gasteiger partial charge in [-0.3, -0.25) is 14.4 Å². The van der Waals surface area contributed by atoms with E-state index in [0.29, 0.717) is 19.3 Å². The Hall–Kier alpha value is -1.59. The fourth-order valence-electron chi connectivity index (χ4n) is 6.10. The van der Waals surface area contributed by atoms with Crippen molar-refractivity contribution in [1.29, 1.82) is 0 Å². The molecule has 0 fully saturated rings. The highest BCUT2D eigenvalue weighted by atomic mass is 16.6. The van der Waals surface area contributed by atoms with Crippen LogP contribution in [0.3, 0.4) is 0 Å². The first-order valence-corrected chi connectivity index (χ1v) is 20.9. The van der Waals surface area contributed by atoms with Crippen LogP contribution in [-0.4, -0.2) is 37.2 Å². The first-order valence-electron chi connectivity index (χ1n) is 20.9. The van der Waals surface area contributed by atoms with Gasteiger partial charge in [0.05, 0.1) is 0 Å². The van der Waals surface area contributed by atoms with Gasteiger partial charge in [0.25, 0.3) is 0 Å². The molecule has 0 heterocycles. The standard InChI is InChI=1S/C42H80O6/c1-5-7-9-11-13-17-22-25-29-33-40(43)46-36-39(48-42(45)35-31-27-20-12-10-8-6-2)37-47-41(44)34-30-26-23-19-16-14-15-18-21-24-28-32-38(3)4/h38-39H,5-37H2,1-4H3/t39-/m0/s1. The predicted molar refractivity (Wildman–Crippen MR) is 201 cm³/mol. The van der Waals surface area contributed by atoms with Crippen molar-refractivity contribution in [3.8, 4) is 0 Å². The summed E-state index contributed by atoms with van der Waals surface area (Å²) < 4.78 is 16.6. The van der Waals surface area contributed by atoms with Gasteiger partial charge in [0.2, 0.25) is 0 Å². The molecule has 284 valence electrons. The van der Waals surface area contributed by atoms with Crippen LogP contribution in [0, 0.1) is 5.92 Å². The summed E-state index contributed by atoms with van der Waals surface area (Å²) in [6, 6.07) is 0. The monoisotopic (exact) mass is 681 g/mol. The second-order valence-electron chi connectivity index (χ2n) is 14.7. The van der Waals surface area contributed by atoms with E-state index >= 15 is 0 Å². The van der Waals surface area contributed by atoms with Crippen LogP contribution in [0.2, 0.25) is 0 Å². The molecule has 6 nitrogen and oxygen atoms in total. The van der Waals surface area contributed by atoms with Gasteiger partial charge < -0.3 is 14.2 Å². The predicted octanol–water partition coefficient (Wildman–Crippen LogP) is 12.8. The topological polar surface area (TPSA) is 78.9 Å². The van der Waals surface area contributed by atoms with E-state index in [0.717, 1.165) is 63.7 Å². The molecule has 0 unspecified atom stereocenters. The second-order valence-corrected chi connectivity index (χ2v) is 14.7. The lowest BCUT2D eigenvalue weighted by atomic mass is 10.0. The van der Waals surface area contributed by atoms with Crippen LogP contribution in [0.25, 0.3) is 0 Å². The quantitative estimate of drug-likeness (QED) is 0.0369. The summed E-state index contributed by atoms with van der Waals surface area (Å²) in [6.07, 6.45) is 33.8. The molecule has 0 aromatic carbocycles. The van der Waals surface area contributed by atoms with Gasteiger partial charge in [0, 0.05) is 19.3 Å². The van der Waals surface area contributed by atoms with Crippen molar-refractivity contribution in [3.63, 3.8) is 0 Å². The van der Waals surface area contributed by atoms with Crippen molar-refractivity contribution in [2.45, 2.75) is 233 Å². The lowest BCUT2D eigenvalue weighted by Crippen LogP contribution is -2.30. The smallest absolute Gasteiger partial charge is 0.306 e. The lowest BCUT2D eigenvalue weighted by molar-refractivity contribution is -0.167. The molecule has 0 N–H and O–H groups in total. The minimum atomic E-state index is -0.756. The summed E-state index contributed by atoms with van der Waals surface area (Å²) in [6.45, 7) is 8.92. The molecule has 0 saturated carbocycles. The molecule has 0 rings (SSSR count). The number of carbonyl (C=O) groups excluding carboxylic acids is 3. The van der Waals surface area contributed by atoms with Gasteiger partial charge in [-0.2, -0.15) is 0 Å². The van der Waals surface area contributed by atoms with E-state index in [4.69, 9.17) is 14.2 Å². The molecule has 0 aromatic rings. The third kappa shape index (κ3) is 35.7. The van der Waals surface area contributed by atoms with Crippen LogP contribution in [0.1, 0.15) is 227 Å². The molecule has 0 spiro atoms.